The van der Waals surface area contributed by atoms with Crippen molar-refractivity contribution in [3.8, 4) is 0 Å². The Bertz CT molecular complexity index is 2060. The number of carbonyl (C=O) groups excluding carboxylic acids is 3. The maximum Gasteiger partial charge on any atom is 0.338 e. The largest absolute Gasteiger partial charge is 0.459 e. The zero-order valence-electron chi connectivity index (χ0n) is 25.2. The number of hydrogen-bond donors (Lipinski definition) is 1. The Morgan fingerprint density at radius 1 is 0.723 bits per heavy atom. The monoisotopic (exact) mass is 636 g/mol. The molecule has 6 rings (SSSR count). The van der Waals surface area contributed by atoms with Crippen molar-refractivity contribution < 1.29 is 33.3 Å². The third kappa shape index (κ3) is 6.42. The smallest absolute Gasteiger partial charge is 0.338 e. The number of ether oxygens (including phenoxy) is 4. The first-order valence-electron chi connectivity index (χ1n) is 14.6. The Kier molecular flexibility index (Phi) is 8.71. The highest BCUT2D eigenvalue weighted by atomic mass is 16.7. The molecule has 0 radical (unpaired) electrons. The maximum absolute atomic E-state index is 13.8. The number of aromatic amines is 1. The first-order chi connectivity index (χ1) is 22.7. The molecular formula is C34H28N4O9. The van der Waals surface area contributed by atoms with Gasteiger partial charge in [0.2, 0.25) is 0 Å². The molecule has 13 heteroatoms. The van der Waals surface area contributed by atoms with Gasteiger partial charge >= 0.3 is 23.6 Å². The highest BCUT2D eigenvalue weighted by Gasteiger charge is 2.52. The van der Waals surface area contributed by atoms with Crippen LogP contribution >= 0.6 is 0 Å². The Hall–Kier alpha value is -5.95. The number of nitrogens with one attached hydrogen (secondary N) is 1. The molecule has 0 amide bonds. The van der Waals surface area contributed by atoms with E-state index in [0.29, 0.717) is 16.0 Å². The summed E-state index contributed by atoms with van der Waals surface area (Å²) in [6, 6.07) is 24.2. The Labute approximate surface area is 266 Å². The number of esters is 3. The van der Waals surface area contributed by atoms with Gasteiger partial charge in [-0.1, -0.05) is 54.6 Å². The van der Waals surface area contributed by atoms with E-state index in [0.717, 1.165) is 0 Å². The zero-order chi connectivity index (χ0) is 33.1. The summed E-state index contributed by atoms with van der Waals surface area (Å²) in [6.07, 6.45) is -5.94. The fraction of sp³-hybridized carbons (Fsp3) is 0.206. The number of benzene rings is 3. The third-order valence-corrected chi connectivity index (χ3v) is 7.61. The van der Waals surface area contributed by atoms with Crippen molar-refractivity contribution in [2.24, 2.45) is 0 Å². The third-order valence-electron chi connectivity index (χ3n) is 7.61. The van der Waals surface area contributed by atoms with E-state index in [9.17, 15) is 24.0 Å². The summed E-state index contributed by atoms with van der Waals surface area (Å²) < 4.78 is 24.1. The number of fused-ring (bicyclic) bond motifs is 1. The Morgan fingerprint density at radius 2 is 1.21 bits per heavy atom. The quantitative estimate of drug-likeness (QED) is 0.196. The van der Waals surface area contributed by atoms with E-state index in [2.05, 4.69) is 15.0 Å². The van der Waals surface area contributed by atoms with Gasteiger partial charge in [0, 0.05) is 0 Å². The van der Waals surface area contributed by atoms with Crippen molar-refractivity contribution in [3.63, 3.8) is 0 Å². The molecule has 47 heavy (non-hydrogen) atoms. The topological polar surface area (TPSA) is 169 Å². The van der Waals surface area contributed by atoms with Gasteiger partial charge in [-0.2, -0.15) is 0 Å². The molecule has 1 aliphatic heterocycles. The normalized spacial score (nSPS) is 18.9. The average Bonchev–Trinajstić information content (AvgIpc) is 3.41. The van der Waals surface area contributed by atoms with Crippen molar-refractivity contribution in [3.05, 3.63) is 140 Å². The number of H-pyrrole nitrogens is 1. The molecule has 1 N–H and O–H groups in total. The van der Waals surface area contributed by atoms with Crippen LogP contribution in [0.15, 0.2) is 101 Å². The Balaban J connectivity index is 1.44. The van der Waals surface area contributed by atoms with Crippen LogP contribution in [-0.2, 0) is 18.9 Å². The fourth-order valence-corrected chi connectivity index (χ4v) is 5.10. The lowest BCUT2D eigenvalue weighted by Crippen LogP contribution is -2.46. The van der Waals surface area contributed by atoms with Gasteiger partial charge in [-0.05, 0) is 50.2 Å². The van der Waals surface area contributed by atoms with Crippen molar-refractivity contribution in [1.29, 1.82) is 0 Å². The highest BCUT2D eigenvalue weighted by molar-refractivity contribution is 5.91. The van der Waals surface area contributed by atoms with Gasteiger partial charge in [0.05, 0.1) is 28.1 Å². The first-order valence-corrected chi connectivity index (χ1v) is 14.6. The molecule has 238 valence electrons. The molecule has 0 unspecified atom stereocenters. The second kappa shape index (κ2) is 13.2. The molecule has 0 spiro atoms. The van der Waals surface area contributed by atoms with Gasteiger partial charge in [0.25, 0.3) is 5.56 Å². The van der Waals surface area contributed by atoms with Gasteiger partial charge in [0.15, 0.2) is 29.6 Å². The van der Waals surface area contributed by atoms with Crippen molar-refractivity contribution in [2.75, 3.05) is 6.61 Å². The SMILES string of the molecule is Cc1nc2[nH]c(=O)n([C@@H]3O[C@H](COC(=O)c4ccccc4)[C@@H](OC(=O)c4ccccc4)[C@H]3OC(=O)c3ccccc3)c(=O)c2nc1C. The predicted molar refractivity (Wildman–Crippen MR) is 166 cm³/mol. The van der Waals surface area contributed by atoms with Crippen LogP contribution in [0, 0.1) is 13.8 Å². The number of rotatable bonds is 8. The molecule has 0 bridgehead atoms. The van der Waals surface area contributed by atoms with Crippen LogP contribution < -0.4 is 11.2 Å². The maximum atomic E-state index is 13.8. The second-order valence-corrected chi connectivity index (χ2v) is 10.7. The lowest BCUT2D eigenvalue weighted by molar-refractivity contribution is -0.0650. The van der Waals surface area contributed by atoms with E-state index in [1.165, 1.54) is 24.3 Å². The van der Waals surface area contributed by atoms with Crippen LogP contribution in [0.1, 0.15) is 48.7 Å². The number of carbonyl (C=O) groups is 3. The van der Waals surface area contributed by atoms with Gasteiger partial charge < -0.3 is 18.9 Å². The second-order valence-electron chi connectivity index (χ2n) is 10.7. The lowest BCUT2D eigenvalue weighted by atomic mass is 10.1. The zero-order valence-corrected chi connectivity index (χ0v) is 25.2. The lowest BCUT2D eigenvalue weighted by Gasteiger charge is -2.25. The molecule has 1 fully saturated rings. The summed E-state index contributed by atoms with van der Waals surface area (Å²) >= 11 is 0. The molecule has 3 aromatic carbocycles. The van der Waals surface area contributed by atoms with E-state index in [1.807, 2.05) is 0 Å². The molecule has 1 aliphatic rings. The van der Waals surface area contributed by atoms with Crippen LogP contribution in [0.2, 0.25) is 0 Å². The number of hydrogen-bond acceptors (Lipinski definition) is 11. The van der Waals surface area contributed by atoms with E-state index >= 15 is 0 Å². The van der Waals surface area contributed by atoms with E-state index in [-0.39, 0.29) is 27.9 Å². The summed E-state index contributed by atoms with van der Waals surface area (Å²) in [6.45, 7) is 2.84. The van der Waals surface area contributed by atoms with Gasteiger partial charge in [-0.3, -0.25) is 9.78 Å². The van der Waals surface area contributed by atoms with Gasteiger partial charge in [0.1, 0.15) is 12.7 Å². The van der Waals surface area contributed by atoms with Crippen molar-refractivity contribution in [1.82, 2.24) is 19.5 Å². The summed E-state index contributed by atoms with van der Waals surface area (Å²) in [4.78, 5) is 78.0. The molecule has 5 aromatic rings. The summed E-state index contributed by atoms with van der Waals surface area (Å²) in [5.41, 5.74) is -0.518. The minimum atomic E-state index is -1.64. The molecule has 2 aromatic heterocycles. The van der Waals surface area contributed by atoms with Crippen LogP contribution in [0.3, 0.4) is 0 Å². The molecule has 4 atom stereocenters. The Morgan fingerprint density at radius 3 is 1.77 bits per heavy atom. The van der Waals surface area contributed by atoms with Gasteiger partial charge in [-0.15, -0.1) is 0 Å². The molecule has 0 aliphatic carbocycles. The van der Waals surface area contributed by atoms with E-state index in [4.69, 9.17) is 18.9 Å². The van der Waals surface area contributed by atoms with E-state index < -0.39 is 60.3 Å². The fourth-order valence-electron chi connectivity index (χ4n) is 5.10. The minimum absolute atomic E-state index is 0.0458. The average molecular weight is 637 g/mol. The van der Waals surface area contributed by atoms with Crippen molar-refractivity contribution in [2.45, 2.75) is 38.4 Å². The highest BCUT2D eigenvalue weighted by Crippen LogP contribution is 2.34. The van der Waals surface area contributed by atoms with Crippen LogP contribution in [-0.4, -0.2) is 62.3 Å². The van der Waals surface area contributed by atoms with Crippen LogP contribution in [0.25, 0.3) is 11.2 Å². The molecular weight excluding hydrogens is 608 g/mol. The standard InChI is InChI=1S/C34H28N4O9/c1-19-20(2)36-28-25(35-19)29(39)38(34(43)37-28)30-27(47-33(42)23-16-10-5-11-17-23)26(46-32(41)22-14-8-4-9-15-22)24(45-30)18-44-31(40)21-12-6-3-7-13-21/h3-17,24,26-27,30H,18H2,1-2H3,(H,36,37,43)/t24-,26-,27-,30-/m1/s1. The van der Waals surface area contributed by atoms with E-state index in [1.54, 1.807) is 80.6 Å². The minimum Gasteiger partial charge on any atom is -0.459 e. The molecule has 13 nitrogen and oxygen atoms in total. The van der Waals surface area contributed by atoms with Crippen LogP contribution in [0.4, 0.5) is 0 Å². The number of nitrogens with zero attached hydrogens (tertiary/aromatic N) is 3. The summed E-state index contributed by atoms with van der Waals surface area (Å²) in [5, 5.41) is 0. The molecule has 1 saturated heterocycles. The van der Waals surface area contributed by atoms with Crippen LogP contribution in [0.5, 0.6) is 0 Å². The first kappa shape index (κ1) is 31.0. The van der Waals surface area contributed by atoms with Crippen molar-refractivity contribution >= 4 is 29.1 Å². The van der Waals surface area contributed by atoms with Gasteiger partial charge in [-0.25, -0.2) is 33.7 Å². The summed E-state index contributed by atoms with van der Waals surface area (Å²) in [7, 11) is 0. The number of aromatic nitrogens is 4. The summed E-state index contributed by atoms with van der Waals surface area (Å²) in [5.74, 6) is -2.36. The molecule has 3 heterocycles. The number of aryl methyl sites for hydroxylation is 2. The predicted octanol–water partition coefficient (Wildman–Crippen LogP) is 3.30. The molecule has 0 saturated carbocycles.